The van der Waals surface area contributed by atoms with Gasteiger partial charge < -0.3 is 5.11 Å². The van der Waals surface area contributed by atoms with E-state index in [-0.39, 0.29) is 5.91 Å². The van der Waals surface area contributed by atoms with Crippen LogP contribution in [0.25, 0.3) is 0 Å². The van der Waals surface area contributed by atoms with Crippen LogP contribution in [0.15, 0.2) is 0 Å². The molecule has 4 heteroatoms. The van der Waals surface area contributed by atoms with Gasteiger partial charge in [0.15, 0.2) is 0 Å². The van der Waals surface area contributed by atoms with E-state index in [1.807, 2.05) is 10.0 Å². The predicted octanol–water partition coefficient (Wildman–Crippen LogP) is 0.759. The summed E-state index contributed by atoms with van der Waals surface area (Å²) in [5.74, 6) is 0.230. The lowest BCUT2D eigenvalue weighted by Gasteiger charge is -2.41. The molecule has 1 saturated carbocycles. The van der Waals surface area contributed by atoms with E-state index in [0.717, 1.165) is 25.8 Å². The molecule has 0 aromatic carbocycles. The second-order valence-corrected chi connectivity index (χ2v) is 5.27. The average Bonchev–Trinajstić information content (AvgIpc) is 2.84. The number of rotatable bonds is 3. The van der Waals surface area contributed by atoms with Crippen molar-refractivity contribution in [2.24, 2.45) is 0 Å². The molecular formula is C11H20N2O2. The van der Waals surface area contributed by atoms with Crippen molar-refractivity contribution in [1.29, 1.82) is 0 Å². The summed E-state index contributed by atoms with van der Waals surface area (Å²) < 4.78 is 0. The van der Waals surface area contributed by atoms with Gasteiger partial charge >= 0.3 is 0 Å². The molecule has 2 rings (SSSR count). The Morgan fingerprint density at radius 2 is 2.13 bits per heavy atom. The van der Waals surface area contributed by atoms with E-state index in [2.05, 4.69) is 0 Å². The van der Waals surface area contributed by atoms with Crippen LogP contribution in [-0.4, -0.2) is 45.8 Å². The van der Waals surface area contributed by atoms with Crippen molar-refractivity contribution < 1.29 is 9.90 Å². The molecule has 1 N–H and O–H groups in total. The molecule has 2 fully saturated rings. The van der Waals surface area contributed by atoms with Gasteiger partial charge in [0.1, 0.15) is 0 Å². The van der Waals surface area contributed by atoms with Gasteiger partial charge in [-0.15, -0.1) is 0 Å². The number of nitrogens with zero attached hydrogens (tertiary/aromatic N) is 2. The van der Waals surface area contributed by atoms with Crippen LogP contribution in [0.3, 0.4) is 0 Å². The second kappa shape index (κ2) is 3.76. The molecule has 15 heavy (non-hydrogen) atoms. The third-order valence-corrected chi connectivity index (χ3v) is 2.83. The average molecular weight is 212 g/mol. The quantitative estimate of drug-likeness (QED) is 0.751. The number of amides is 1. The van der Waals surface area contributed by atoms with Crippen molar-refractivity contribution in [2.75, 3.05) is 13.1 Å². The minimum absolute atomic E-state index is 0.230. The summed E-state index contributed by atoms with van der Waals surface area (Å²) in [5, 5.41) is 13.7. The summed E-state index contributed by atoms with van der Waals surface area (Å²) in [6.45, 7) is 5.02. The van der Waals surface area contributed by atoms with Crippen molar-refractivity contribution in [1.82, 2.24) is 10.0 Å². The third-order valence-electron chi connectivity index (χ3n) is 2.83. The molecule has 0 spiro atoms. The Kier molecular flexibility index (Phi) is 2.73. The summed E-state index contributed by atoms with van der Waals surface area (Å²) >= 11 is 0. The highest BCUT2D eigenvalue weighted by molar-refractivity contribution is 5.77. The largest absolute Gasteiger partial charge is 0.389 e. The van der Waals surface area contributed by atoms with Crippen LogP contribution in [0.2, 0.25) is 0 Å². The smallest absolute Gasteiger partial charge is 0.237 e. The van der Waals surface area contributed by atoms with Gasteiger partial charge in [0, 0.05) is 25.6 Å². The summed E-state index contributed by atoms with van der Waals surface area (Å²) in [4.78, 5) is 11.8. The lowest BCUT2D eigenvalue weighted by Crippen LogP contribution is -2.55. The number of hydrazine groups is 1. The molecule has 1 amide bonds. The molecule has 1 heterocycles. The summed E-state index contributed by atoms with van der Waals surface area (Å²) in [6, 6.07) is 0.417. The molecule has 0 unspecified atom stereocenters. The Morgan fingerprint density at radius 3 is 2.67 bits per heavy atom. The zero-order chi connectivity index (χ0) is 11.1. The van der Waals surface area contributed by atoms with E-state index in [1.54, 1.807) is 13.8 Å². The highest BCUT2D eigenvalue weighted by Gasteiger charge is 2.39. The maximum absolute atomic E-state index is 11.8. The molecule has 1 aliphatic heterocycles. The van der Waals surface area contributed by atoms with E-state index in [0.29, 0.717) is 19.0 Å². The Morgan fingerprint density at radius 1 is 1.47 bits per heavy atom. The van der Waals surface area contributed by atoms with Crippen LogP contribution < -0.4 is 0 Å². The highest BCUT2D eigenvalue weighted by atomic mass is 16.3. The zero-order valence-electron chi connectivity index (χ0n) is 9.57. The molecule has 0 aromatic rings. The predicted molar refractivity (Wildman–Crippen MR) is 57.0 cm³/mol. The van der Waals surface area contributed by atoms with Gasteiger partial charge in [0.2, 0.25) is 5.91 Å². The minimum atomic E-state index is -0.731. The second-order valence-electron chi connectivity index (χ2n) is 5.27. The highest BCUT2D eigenvalue weighted by Crippen LogP contribution is 2.31. The summed E-state index contributed by atoms with van der Waals surface area (Å²) in [5.41, 5.74) is -0.731. The van der Waals surface area contributed by atoms with Crippen molar-refractivity contribution in [2.45, 2.75) is 51.2 Å². The first kappa shape index (κ1) is 10.9. The van der Waals surface area contributed by atoms with Gasteiger partial charge in [0.05, 0.1) is 5.60 Å². The minimum Gasteiger partial charge on any atom is -0.389 e. The maximum Gasteiger partial charge on any atom is 0.237 e. The fourth-order valence-corrected chi connectivity index (χ4v) is 2.15. The molecular weight excluding hydrogens is 192 g/mol. The van der Waals surface area contributed by atoms with Gasteiger partial charge in [-0.1, -0.05) is 0 Å². The Bertz CT molecular complexity index is 256. The van der Waals surface area contributed by atoms with Crippen LogP contribution in [0.4, 0.5) is 0 Å². The first-order chi connectivity index (χ1) is 6.97. The fourth-order valence-electron chi connectivity index (χ4n) is 2.15. The van der Waals surface area contributed by atoms with Crippen LogP contribution in [0, 0.1) is 0 Å². The van der Waals surface area contributed by atoms with Crippen molar-refractivity contribution >= 4 is 5.91 Å². The van der Waals surface area contributed by atoms with Gasteiger partial charge in [-0.2, -0.15) is 0 Å². The number of hydrogen-bond donors (Lipinski definition) is 1. The lowest BCUT2D eigenvalue weighted by molar-refractivity contribution is -0.163. The van der Waals surface area contributed by atoms with E-state index in [1.165, 1.54) is 0 Å². The van der Waals surface area contributed by atoms with Crippen LogP contribution in [0.5, 0.6) is 0 Å². The Balaban J connectivity index is 2.03. The van der Waals surface area contributed by atoms with Gasteiger partial charge in [-0.25, -0.2) is 5.01 Å². The van der Waals surface area contributed by atoms with Crippen LogP contribution in [-0.2, 0) is 4.79 Å². The fraction of sp³-hybridized carbons (Fsp3) is 0.909. The monoisotopic (exact) mass is 212 g/mol. The molecule has 0 aromatic heterocycles. The van der Waals surface area contributed by atoms with Crippen molar-refractivity contribution in [3.05, 3.63) is 0 Å². The SMILES string of the molecule is CC(C)(O)CN1CCCC(=O)N1C1CC1. The first-order valence-electron chi connectivity index (χ1n) is 5.77. The van der Waals surface area contributed by atoms with Crippen molar-refractivity contribution in [3.63, 3.8) is 0 Å². The number of β-amino-alcohol motifs (C(OH)–C–C–N with tert-alkyl or cyclic N) is 1. The zero-order valence-corrected chi connectivity index (χ0v) is 9.57. The van der Waals surface area contributed by atoms with Crippen LogP contribution in [0.1, 0.15) is 39.5 Å². The van der Waals surface area contributed by atoms with E-state index < -0.39 is 5.60 Å². The maximum atomic E-state index is 11.8. The standard InChI is InChI=1S/C11H20N2O2/c1-11(2,15)8-12-7-3-4-10(14)13(12)9-5-6-9/h9,15H,3-8H2,1-2H3. The number of hydrogen-bond acceptors (Lipinski definition) is 3. The number of aliphatic hydroxyl groups is 1. The van der Waals surface area contributed by atoms with E-state index >= 15 is 0 Å². The normalized spacial score (nSPS) is 24.7. The van der Waals surface area contributed by atoms with Crippen LogP contribution >= 0.6 is 0 Å². The molecule has 4 nitrogen and oxygen atoms in total. The Labute approximate surface area is 90.8 Å². The van der Waals surface area contributed by atoms with Gasteiger partial charge in [-0.05, 0) is 33.1 Å². The van der Waals surface area contributed by atoms with Gasteiger partial charge in [-0.3, -0.25) is 9.80 Å². The number of carbonyl (C=O) groups excluding carboxylic acids is 1. The topological polar surface area (TPSA) is 43.8 Å². The van der Waals surface area contributed by atoms with E-state index in [9.17, 15) is 9.90 Å². The Hall–Kier alpha value is -0.610. The third kappa shape index (κ3) is 2.69. The number of carbonyl (C=O) groups is 1. The molecule has 0 atom stereocenters. The lowest BCUT2D eigenvalue weighted by atomic mass is 10.1. The molecule has 2 aliphatic rings. The molecule has 0 radical (unpaired) electrons. The van der Waals surface area contributed by atoms with Crippen molar-refractivity contribution in [3.8, 4) is 0 Å². The molecule has 1 saturated heterocycles. The molecule has 0 bridgehead atoms. The first-order valence-corrected chi connectivity index (χ1v) is 5.77. The molecule has 86 valence electrons. The summed E-state index contributed by atoms with van der Waals surface area (Å²) in [6.07, 6.45) is 3.82. The van der Waals surface area contributed by atoms with Gasteiger partial charge in [0.25, 0.3) is 0 Å². The molecule has 1 aliphatic carbocycles. The van der Waals surface area contributed by atoms with E-state index in [4.69, 9.17) is 0 Å². The summed E-state index contributed by atoms with van der Waals surface area (Å²) in [7, 11) is 0.